The zero-order valence-electron chi connectivity index (χ0n) is 7.14. The van der Waals surface area contributed by atoms with Crippen molar-refractivity contribution in [3.8, 4) is 0 Å². The monoisotopic (exact) mass is 267 g/mol. The van der Waals surface area contributed by atoms with E-state index in [-0.39, 0.29) is 0 Å². The van der Waals surface area contributed by atoms with Gasteiger partial charge in [0.1, 0.15) is 0 Å². The lowest BCUT2D eigenvalue weighted by Crippen LogP contribution is -2.19. The van der Waals surface area contributed by atoms with Crippen molar-refractivity contribution in [2.24, 2.45) is 0 Å². The fraction of sp³-hybridized carbons (Fsp3) is 0.250. The van der Waals surface area contributed by atoms with Crippen LogP contribution in [0.1, 0.15) is 0 Å². The van der Waals surface area contributed by atoms with Crippen molar-refractivity contribution in [3.05, 3.63) is 15.1 Å². The van der Waals surface area contributed by atoms with Crippen molar-refractivity contribution in [1.82, 2.24) is 0 Å². The first-order chi connectivity index (χ1) is 6.48. The topological polar surface area (TPSA) is 20.3 Å². The van der Waals surface area contributed by atoms with Gasteiger partial charge in [-0.15, -0.1) is 0 Å². The smallest absolute Gasteiger partial charge is 0.166 e. The summed E-state index contributed by atoms with van der Waals surface area (Å²) in [6, 6.07) is 0. The van der Waals surface area contributed by atoms with Crippen LogP contribution in [0.4, 0.5) is 5.69 Å². The lowest BCUT2D eigenvalue weighted by Gasteiger charge is -2.17. The molecule has 6 heteroatoms. The van der Waals surface area contributed by atoms with Crippen molar-refractivity contribution < 1.29 is 4.57 Å². The van der Waals surface area contributed by atoms with Gasteiger partial charge in [-0.25, -0.2) is 0 Å². The lowest BCUT2D eigenvalue weighted by molar-refractivity contribution is 0.591. The molecule has 1 atom stereocenters. The van der Waals surface area contributed by atoms with E-state index in [4.69, 9.17) is 34.8 Å². The molecule has 0 fully saturated rings. The Morgan fingerprint density at radius 1 is 1.14 bits per heavy atom. The summed E-state index contributed by atoms with van der Waals surface area (Å²) in [6.07, 6.45) is 0.517. The van der Waals surface area contributed by atoms with E-state index in [1.807, 2.05) is 11.9 Å². The molecule has 1 aromatic carbocycles. The average molecular weight is 268 g/mol. The molecule has 0 saturated carbocycles. The normalized spacial score (nSPS) is 26.7. The van der Waals surface area contributed by atoms with Gasteiger partial charge in [0.05, 0.1) is 37.7 Å². The van der Waals surface area contributed by atoms with E-state index in [1.54, 1.807) is 0 Å². The molecule has 0 spiro atoms. The van der Waals surface area contributed by atoms with Crippen LogP contribution in [0.15, 0.2) is 0 Å². The van der Waals surface area contributed by atoms with Gasteiger partial charge in [0.15, 0.2) is 7.14 Å². The molecule has 0 radical (unpaired) electrons. The lowest BCUT2D eigenvalue weighted by atomic mass is 10.3. The van der Waals surface area contributed by atoms with Crippen LogP contribution in [-0.2, 0) is 4.57 Å². The second-order valence-electron chi connectivity index (χ2n) is 3.57. The third-order valence-corrected chi connectivity index (χ3v) is 7.09. The predicted octanol–water partition coefficient (Wildman–Crippen LogP) is 2.68. The molecule has 0 N–H and O–H groups in total. The minimum Gasteiger partial charge on any atom is -0.365 e. The molecule has 0 aliphatic carbocycles. The van der Waals surface area contributed by atoms with Gasteiger partial charge in [0, 0.05) is 7.05 Å². The van der Waals surface area contributed by atoms with Crippen LogP contribution in [0.5, 0.6) is 0 Å². The molecule has 2 aliphatic heterocycles. The van der Waals surface area contributed by atoms with Crippen LogP contribution in [0, 0.1) is 0 Å². The summed E-state index contributed by atoms with van der Waals surface area (Å²) in [5.41, 5.74) is 0.805. The van der Waals surface area contributed by atoms with Crippen molar-refractivity contribution in [3.63, 3.8) is 0 Å². The minimum absolute atomic E-state index is 0.325. The highest BCUT2D eigenvalue weighted by molar-refractivity contribution is 7.90. The van der Waals surface area contributed by atoms with Crippen molar-refractivity contribution >= 4 is 58.2 Å². The maximum atomic E-state index is 12.2. The van der Waals surface area contributed by atoms with Crippen molar-refractivity contribution in [2.75, 3.05) is 18.2 Å². The number of rotatable bonds is 0. The molecule has 2 aliphatic rings. The number of fused-ring (bicyclic) bond motifs is 1. The van der Waals surface area contributed by atoms with Gasteiger partial charge in [0.2, 0.25) is 0 Å². The SMILES string of the molecule is CN1CP2(=O)c3c(Cl)c(Cl)c(Cl)c1c32. The highest BCUT2D eigenvalue weighted by Crippen LogP contribution is 2.66. The first-order valence-corrected chi connectivity index (χ1v) is 7.03. The van der Waals surface area contributed by atoms with E-state index in [2.05, 4.69) is 0 Å². The maximum Gasteiger partial charge on any atom is 0.166 e. The van der Waals surface area contributed by atoms with E-state index in [9.17, 15) is 4.57 Å². The van der Waals surface area contributed by atoms with Crippen molar-refractivity contribution in [2.45, 2.75) is 0 Å². The van der Waals surface area contributed by atoms with Crippen LogP contribution in [-0.4, -0.2) is 13.3 Å². The molecule has 1 unspecified atom stereocenters. The molecule has 0 aromatic heterocycles. The average Bonchev–Trinajstić information content (AvgIpc) is 2.58. The van der Waals surface area contributed by atoms with Gasteiger partial charge in [0.25, 0.3) is 0 Å². The minimum atomic E-state index is -2.32. The summed E-state index contributed by atoms with van der Waals surface area (Å²) in [6.45, 7) is 0. The van der Waals surface area contributed by atoms with Gasteiger partial charge in [-0.1, -0.05) is 34.8 Å². The quantitative estimate of drug-likeness (QED) is 0.532. The Morgan fingerprint density at radius 2 is 1.79 bits per heavy atom. The van der Waals surface area contributed by atoms with E-state index in [1.165, 1.54) is 0 Å². The largest absolute Gasteiger partial charge is 0.365 e. The van der Waals surface area contributed by atoms with Gasteiger partial charge in [-0.2, -0.15) is 0 Å². The predicted molar refractivity (Wildman–Crippen MR) is 61.6 cm³/mol. The molecule has 2 nitrogen and oxygen atoms in total. The second-order valence-corrected chi connectivity index (χ2v) is 7.36. The first kappa shape index (κ1) is 9.35. The molecule has 74 valence electrons. The highest BCUT2D eigenvalue weighted by atomic mass is 35.5. The van der Waals surface area contributed by atoms with Crippen LogP contribution in [0.3, 0.4) is 0 Å². The molecule has 2 heterocycles. The summed E-state index contributed by atoms with van der Waals surface area (Å²) in [4.78, 5) is 1.88. The molecular formula is C8H5Cl3NOP. The van der Waals surface area contributed by atoms with Crippen LogP contribution < -0.4 is 15.5 Å². The standard InChI is InChI=1S/C8H5Cl3NOP/c1-12-2-14(13)7-5(11)3(9)4(10)6(12)8(7)14/h2H2,1H3. The zero-order chi connectivity index (χ0) is 10.2. The fourth-order valence-corrected chi connectivity index (χ4v) is 6.60. The molecule has 0 bridgehead atoms. The Kier molecular flexibility index (Phi) is 1.63. The zero-order valence-corrected chi connectivity index (χ0v) is 10.3. The van der Waals surface area contributed by atoms with Crippen LogP contribution in [0.25, 0.3) is 0 Å². The summed E-state index contributed by atoms with van der Waals surface area (Å²) in [5.74, 6) is 0. The summed E-state index contributed by atoms with van der Waals surface area (Å²) in [7, 11) is -0.466. The maximum absolute atomic E-state index is 12.2. The molecule has 0 amide bonds. The van der Waals surface area contributed by atoms with E-state index in [0.29, 0.717) is 21.4 Å². The highest BCUT2D eigenvalue weighted by Gasteiger charge is 2.58. The molecular weight excluding hydrogens is 263 g/mol. The van der Waals surface area contributed by atoms with Crippen LogP contribution in [0.2, 0.25) is 15.1 Å². The van der Waals surface area contributed by atoms with Crippen molar-refractivity contribution in [1.29, 1.82) is 0 Å². The summed E-state index contributed by atoms with van der Waals surface area (Å²) < 4.78 is 12.2. The molecule has 1 aromatic rings. The number of halogens is 3. The van der Waals surface area contributed by atoms with E-state index in [0.717, 1.165) is 16.3 Å². The molecule has 3 rings (SSSR count). The Hall–Kier alpha value is 0.120. The second kappa shape index (κ2) is 2.44. The van der Waals surface area contributed by atoms with Gasteiger partial charge in [-0.05, 0) is 0 Å². The first-order valence-electron chi connectivity index (χ1n) is 4.00. The van der Waals surface area contributed by atoms with Gasteiger partial charge in [-0.3, -0.25) is 0 Å². The Balaban J connectivity index is 2.46. The number of anilines is 1. The van der Waals surface area contributed by atoms with Gasteiger partial charge < -0.3 is 9.46 Å². The third-order valence-electron chi connectivity index (χ3n) is 2.72. The Morgan fingerprint density at radius 3 is 2.43 bits per heavy atom. The van der Waals surface area contributed by atoms with E-state index >= 15 is 0 Å². The number of nitrogens with zero attached hydrogens (tertiary/aromatic N) is 1. The molecule has 0 saturated heterocycles. The Bertz CT molecular complexity index is 528. The van der Waals surface area contributed by atoms with E-state index < -0.39 is 7.14 Å². The molecule has 14 heavy (non-hydrogen) atoms. The third kappa shape index (κ3) is 0.806. The Labute approximate surface area is 96.1 Å². The number of hydrogen-bond donors (Lipinski definition) is 0. The van der Waals surface area contributed by atoms with Crippen LogP contribution >= 0.6 is 41.9 Å². The number of hydrogen-bond acceptors (Lipinski definition) is 2. The van der Waals surface area contributed by atoms with Gasteiger partial charge >= 0.3 is 0 Å². The fourth-order valence-electron chi connectivity index (χ4n) is 2.08. The number of benzene rings is 1. The summed E-state index contributed by atoms with van der Waals surface area (Å²) >= 11 is 17.9. The summed E-state index contributed by atoms with van der Waals surface area (Å²) in [5, 5.41) is 2.73.